The van der Waals surface area contributed by atoms with Gasteiger partial charge in [0.2, 0.25) is 15.9 Å². The number of hydrogen-bond donors (Lipinski definition) is 1. The summed E-state index contributed by atoms with van der Waals surface area (Å²) in [5.41, 5.74) is 0.816. The Labute approximate surface area is 160 Å². The van der Waals surface area contributed by atoms with Gasteiger partial charge >= 0.3 is 0 Å². The van der Waals surface area contributed by atoms with E-state index in [2.05, 4.69) is 4.72 Å². The normalized spacial score (nSPS) is 12.6. The molecule has 2 aromatic rings. The Morgan fingerprint density at radius 3 is 2.37 bits per heavy atom. The summed E-state index contributed by atoms with van der Waals surface area (Å²) in [5.74, 6) is -1.19. The van der Waals surface area contributed by atoms with Crippen molar-refractivity contribution in [3.8, 4) is 0 Å². The van der Waals surface area contributed by atoms with Crippen molar-refractivity contribution >= 4 is 15.9 Å². The fourth-order valence-corrected chi connectivity index (χ4v) is 3.98. The molecule has 0 aliphatic carbocycles. The number of rotatable bonds is 9. The molecule has 5 nitrogen and oxygen atoms in total. The molecular formula is C20H25FN2O3S. The molecule has 2 rings (SSSR count). The summed E-state index contributed by atoms with van der Waals surface area (Å²) in [6.07, 6.45) is 1.92. The zero-order valence-electron chi connectivity index (χ0n) is 15.6. The number of nitrogens with zero attached hydrogens (tertiary/aromatic N) is 1. The highest BCUT2D eigenvalue weighted by atomic mass is 32.2. The van der Waals surface area contributed by atoms with E-state index in [1.54, 1.807) is 7.05 Å². The first-order chi connectivity index (χ1) is 12.8. The van der Waals surface area contributed by atoms with Gasteiger partial charge < -0.3 is 4.90 Å². The summed E-state index contributed by atoms with van der Waals surface area (Å²) in [5, 5.41) is 0. The monoisotopic (exact) mass is 392 g/mol. The maximum Gasteiger partial charge on any atom is 0.244 e. The molecule has 1 N–H and O–H groups in total. The van der Waals surface area contributed by atoms with Crippen LogP contribution in [0.5, 0.6) is 0 Å². The van der Waals surface area contributed by atoms with Gasteiger partial charge in [0.15, 0.2) is 0 Å². The minimum absolute atomic E-state index is 0.184. The Morgan fingerprint density at radius 2 is 1.74 bits per heavy atom. The van der Waals surface area contributed by atoms with Crippen molar-refractivity contribution in [1.29, 1.82) is 0 Å². The Balaban J connectivity index is 2.28. The van der Waals surface area contributed by atoms with Gasteiger partial charge in [0.25, 0.3) is 0 Å². The van der Waals surface area contributed by atoms with Crippen LogP contribution < -0.4 is 4.72 Å². The predicted molar refractivity (Wildman–Crippen MR) is 103 cm³/mol. The number of carbonyl (C=O) groups is 1. The van der Waals surface area contributed by atoms with Gasteiger partial charge in [-0.2, -0.15) is 4.72 Å². The molecule has 0 fully saturated rings. The Hall–Kier alpha value is -2.25. The quantitative estimate of drug-likeness (QED) is 0.713. The molecule has 0 bridgehead atoms. The molecule has 0 aliphatic heterocycles. The second-order valence-corrected chi connectivity index (χ2v) is 8.09. The summed E-state index contributed by atoms with van der Waals surface area (Å²) in [6, 6.07) is 13.2. The average Bonchev–Trinajstić information content (AvgIpc) is 2.65. The summed E-state index contributed by atoms with van der Waals surface area (Å²) in [7, 11) is -2.54. The summed E-state index contributed by atoms with van der Waals surface area (Å²) >= 11 is 0. The van der Waals surface area contributed by atoms with E-state index in [9.17, 15) is 17.6 Å². The number of hydrogen-bond acceptors (Lipinski definition) is 3. The topological polar surface area (TPSA) is 66.5 Å². The molecule has 7 heteroatoms. The third kappa shape index (κ3) is 5.87. The van der Waals surface area contributed by atoms with Crippen LogP contribution in [0.15, 0.2) is 59.5 Å². The van der Waals surface area contributed by atoms with Crippen molar-refractivity contribution < 1.29 is 17.6 Å². The third-order valence-electron chi connectivity index (χ3n) is 4.23. The number of likely N-dealkylation sites (N-methyl/N-ethyl adjacent to an activating group) is 1. The van der Waals surface area contributed by atoms with E-state index in [-0.39, 0.29) is 12.3 Å². The molecule has 0 saturated carbocycles. The Kier molecular flexibility index (Phi) is 7.50. The maximum absolute atomic E-state index is 14.0. The van der Waals surface area contributed by atoms with Gasteiger partial charge in [0.05, 0.1) is 0 Å². The summed E-state index contributed by atoms with van der Waals surface area (Å²) < 4.78 is 41.7. The molecule has 1 atom stereocenters. The lowest BCUT2D eigenvalue weighted by molar-refractivity contribution is -0.131. The molecule has 146 valence electrons. The molecule has 27 heavy (non-hydrogen) atoms. The predicted octanol–water partition coefficient (Wildman–Crippen LogP) is 2.97. The van der Waals surface area contributed by atoms with E-state index < -0.39 is 26.8 Å². The summed E-state index contributed by atoms with van der Waals surface area (Å²) in [4.78, 5) is 13.9. The Bertz CT molecular complexity index is 857. The van der Waals surface area contributed by atoms with Crippen LogP contribution in [0.25, 0.3) is 0 Å². The van der Waals surface area contributed by atoms with Crippen LogP contribution in [-0.4, -0.2) is 38.9 Å². The number of amides is 1. The van der Waals surface area contributed by atoms with Gasteiger partial charge in [0.1, 0.15) is 16.8 Å². The van der Waals surface area contributed by atoms with Crippen LogP contribution in [0, 0.1) is 5.82 Å². The minimum Gasteiger partial charge on any atom is -0.344 e. The largest absolute Gasteiger partial charge is 0.344 e. The second kappa shape index (κ2) is 9.62. The second-order valence-electron chi connectivity index (χ2n) is 6.41. The van der Waals surface area contributed by atoms with Gasteiger partial charge in [-0.15, -0.1) is 0 Å². The van der Waals surface area contributed by atoms with Crippen molar-refractivity contribution in [2.24, 2.45) is 0 Å². The van der Waals surface area contributed by atoms with Crippen LogP contribution in [0.3, 0.4) is 0 Å². The standard InChI is InChI=1S/C20H25FN2O3S/c1-3-4-14-23(2)20(24)18(15-16-10-6-5-7-11-16)22-27(25,26)19-13-9-8-12-17(19)21/h5-13,18,22H,3-4,14-15H2,1-2H3/t18-/m0/s1. The zero-order valence-corrected chi connectivity index (χ0v) is 16.4. The number of nitrogens with one attached hydrogen (secondary N) is 1. The lowest BCUT2D eigenvalue weighted by Crippen LogP contribution is -2.48. The zero-order chi connectivity index (χ0) is 19.9. The fourth-order valence-electron chi connectivity index (χ4n) is 2.71. The van der Waals surface area contributed by atoms with Gasteiger partial charge in [-0.1, -0.05) is 55.8 Å². The number of benzene rings is 2. The van der Waals surface area contributed by atoms with E-state index in [4.69, 9.17) is 0 Å². The maximum atomic E-state index is 14.0. The van der Waals surface area contributed by atoms with Crippen molar-refractivity contribution in [2.45, 2.75) is 37.1 Å². The van der Waals surface area contributed by atoms with E-state index in [1.165, 1.54) is 23.1 Å². The highest BCUT2D eigenvalue weighted by molar-refractivity contribution is 7.89. The lowest BCUT2D eigenvalue weighted by Gasteiger charge is -2.24. The number of halogens is 1. The van der Waals surface area contributed by atoms with Crippen LogP contribution in [0.2, 0.25) is 0 Å². The SMILES string of the molecule is CCCCN(C)C(=O)[C@H](Cc1ccccc1)NS(=O)(=O)c1ccccc1F. The van der Waals surface area contributed by atoms with E-state index in [0.717, 1.165) is 24.5 Å². The fraction of sp³-hybridized carbons (Fsp3) is 0.350. The van der Waals surface area contributed by atoms with Gasteiger partial charge in [-0.25, -0.2) is 12.8 Å². The molecular weight excluding hydrogens is 367 g/mol. The van der Waals surface area contributed by atoms with Crippen LogP contribution >= 0.6 is 0 Å². The molecule has 0 aromatic heterocycles. The molecule has 0 saturated heterocycles. The van der Waals surface area contributed by atoms with Crippen molar-refractivity contribution in [3.05, 3.63) is 66.0 Å². The van der Waals surface area contributed by atoms with Gasteiger partial charge in [-0.3, -0.25) is 4.79 Å². The Morgan fingerprint density at radius 1 is 1.11 bits per heavy atom. The summed E-state index contributed by atoms with van der Waals surface area (Å²) in [6.45, 7) is 2.54. The molecule has 0 heterocycles. The van der Waals surface area contributed by atoms with E-state index in [0.29, 0.717) is 6.54 Å². The first-order valence-electron chi connectivity index (χ1n) is 8.91. The van der Waals surface area contributed by atoms with Crippen molar-refractivity contribution in [3.63, 3.8) is 0 Å². The highest BCUT2D eigenvalue weighted by Gasteiger charge is 2.29. The van der Waals surface area contributed by atoms with E-state index in [1.807, 2.05) is 37.3 Å². The molecule has 0 radical (unpaired) electrons. The molecule has 2 aromatic carbocycles. The van der Waals surface area contributed by atoms with Gasteiger partial charge in [-0.05, 0) is 30.5 Å². The number of unbranched alkanes of at least 4 members (excludes halogenated alkanes) is 1. The van der Waals surface area contributed by atoms with Crippen molar-refractivity contribution in [1.82, 2.24) is 9.62 Å². The van der Waals surface area contributed by atoms with Gasteiger partial charge in [0, 0.05) is 13.6 Å². The van der Waals surface area contributed by atoms with Crippen LogP contribution in [0.1, 0.15) is 25.3 Å². The smallest absolute Gasteiger partial charge is 0.244 e. The third-order valence-corrected chi connectivity index (χ3v) is 5.73. The van der Waals surface area contributed by atoms with Crippen LogP contribution in [-0.2, 0) is 21.2 Å². The van der Waals surface area contributed by atoms with Crippen molar-refractivity contribution in [2.75, 3.05) is 13.6 Å². The highest BCUT2D eigenvalue weighted by Crippen LogP contribution is 2.15. The molecule has 0 unspecified atom stereocenters. The van der Waals surface area contributed by atoms with Crippen LogP contribution in [0.4, 0.5) is 4.39 Å². The first-order valence-corrected chi connectivity index (χ1v) is 10.4. The first kappa shape index (κ1) is 21.1. The molecule has 1 amide bonds. The average molecular weight is 392 g/mol. The lowest BCUT2D eigenvalue weighted by atomic mass is 10.1. The minimum atomic E-state index is -4.18. The molecule has 0 spiro atoms. The molecule has 0 aliphatic rings. The number of sulfonamides is 1. The van der Waals surface area contributed by atoms with E-state index >= 15 is 0 Å². The number of carbonyl (C=O) groups excluding carboxylic acids is 1.